The minimum absolute atomic E-state index is 0.236. The first-order valence-electron chi connectivity index (χ1n) is 4.15. The summed E-state index contributed by atoms with van der Waals surface area (Å²) in [6, 6.07) is 7.05. The van der Waals surface area contributed by atoms with Gasteiger partial charge in [-0.05, 0) is 12.1 Å². The van der Waals surface area contributed by atoms with E-state index in [0.29, 0.717) is 11.3 Å². The molecule has 0 fully saturated rings. The highest BCUT2D eigenvalue weighted by atomic mass is 32.2. The third-order valence-electron chi connectivity index (χ3n) is 1.93. The average molecular weight is 224 g/mol. The molecule has 15 heavy (non-hydrogen) atoms. The van der Waals surface area contributed by atoms with Crippen LogP contribution in [0.4, 0.5) is 5.69 Å². The Bertz CT molecular complexity index is 546. The van der Waals surface area contributed by atoms with Crippen LogP contribution >= 0.6 is 0 Å². The van der Waals surface area contributed by atoms with Crippen molar-refractivity contribution < 1.29 is 13.0 Å². The van der Waals surface area contributed by atoms with Gasteiger partial charge < -0.3 is 0 Å². The molecule has 5 nitrogen and oxygen atoms in total. The van der Waals surface area contributed by atoms with Gasteiger partial charge in [0.25, 0.3) is 10.1 Å². The molecule has 0 unspecified atom stereocenters. The van der Waals surface area contributed by atoms with Crippen molar-refractivity contribution in [3.8, 4) is 0 Å². The Kier molecular flexibility index (Phi) is 2.29. The number of benzene rings is 1. The Balaban J connectivity index is 2.59. The maximum atomic E-state index is 10.9. The van der Waals surface area contributed by atoms with E-state index in [4.69, 9.17) is 4.55 Å². The predicted octanol–water partition coefficient (Wildman–Crippen LogP) is 1.33. The summed E-state index contributed by atoms with van der Waals surface area (Å²) in [7, 11) is -4.22. The molecule has 1 aliphatic heterocycles. The number of allylic oxidation sites excluding steroid dienone is 1. The average Bonchev–Trinajstić information content (AvgIpc) is 2.38. The number of para-hydroxylation sites is 1. The van der Waals surface area contributed by atoms with Crippen LogP contribution in [-0.4, -0.2) is 19.2 Å². The van der Waals surface area contributed by atoms with Crippen LogP contribution in [0.3, 0.4) is 0 Å². The van der Waals surface area contributed by atoms with E-state index >= 15 is 0 Å². The fraction of sp³-hybridized carbons (Fsp3) is 0. The monoisotopic (exact) mass is 224 g/mol. The quantitative estimate of drug-likeness (QED) is 0.705. The van der Waals surface area contributed by atoms with Crippen molar-refractivity contribution in [1.82, 2.24) is 0 Å². The fourth-order valence-electron chi connectivity index (χ4n) is 1.22. The first-order chi connectivity index (χ1) is 7.07. The van der Waals surface area contributed by atoms with Gasteiger partial charge in [-0.3, -0.25) is 9.98 Å². The second-order valence-corrected chi connectivity index (χ2v) is 4.40. The predicted molar refractivity (Wildman–Crippen MR) is 58.1 cm³/mol. The van der Waals surface area contributed by atoms with E-state index in [0.717, 1.165) is 6.21 Å². The zero-order valence-corrected chi connectivity index (χ0v) is 8.40. The first-order valence-corrected chi connectivity index (χ1v) is 5.59. The molecule has 1 aromatic carbocycles. The highest BCUT2D eigenvalue weighted by Crippen LogP contribution is 2.21. The second-order valence-electron chi connectivity index (χ2n) is 2.98. The number of hydrogen-bond donors (Lipinski definition) is 2. The van der Waals surface area contributed by atoms with E-state index in [1.54, 1.807) is 24.3 Å². The summed E-state index contributed by atoms with van der Waals surface area (Å²) in [4.78, 5) is -0.236. The van der Waals surface area contributed by atoms with Crippen LogP contribution in [0.1, 0.15) is 5.56 Å². The van der Waals surface area contributed by atoms with Gasteiger partial charge in [-0.15, -0.1) is 0 Å². The van der Waals surface area contributed by atoms with Gasteiger partial charge in [-0.1, -0.05) is 18.2 Å². The van der Waals surface area contributed by atoms with Gasteiger partial charge in [0.05, 0.1) is 11.9 Å². The summed E-state index contributed by atoms with van der Waals surface area (Å²) in [6.07, 6.45) is 2.42. The number of nitrogens with zero attached hydrogens (tertiary/aromatic N) is 1. The van der Waals surface area contributed by atoms with E-state index in [1.165, 1.54) is 6.08 Å². The third-order valence-corrected chi connectivity index (χ3v) is 2.75. The molecule has 0 saturated heterocycles. The summed E-state index contributed by atoms with van der Waals surface area (Å²) in [5.74, 6) is 0. The lowest BCUT2D eigenvalue weighted by atomic mass is 10.2. The van der Waals surface area contributed by atoms with Crippen LogP contribution in [0, 0.1) is 0 Å². The smallest absolute Gasteiger partial charge is 0.282 e. The normalized spacial score (nSPS) is 14.9. The van der Waals surface area contributed by atoms with Crippen molar-refractivity contribution in [2.24, 2.45) is 5.10 Å². The summed E-state index contributed by atoms with van der Waals surface area (Å²) >= 11 is 0. The number of rotatable bonds is 1. The van der Waals surface area contributed by atoms with E-state index in [2.05, 4.69) is 10.5 Å². The van der Waals surface area contributed by atoms with Crippen molar-refractivity contribution >= 4 is 28.1 Å². The molecular formula is C9H8N2O3S. The molecule has 0 spiro atoms. The van der Waals surface area contributed by atoms with Crippen LogP contribution in [0.2, 0.25) is 0 Å². The number of nitrogens with one attached hydrogen (secondary N) is 1. The van der Waals surface area contributed by atoms with E-state index in [1.807, 2.05) is 0 Å². The lowest BCUT2D eigenvalue weighted by Gasteiger charge is -2.01. The third kappa shape index (κ3) is 2.05. The Morgan fingerprint density at radius 3 is 2.73 bits per heavy atom. The number of hydrogen-bond acceptors (Lipinski definition) is 4. The molecule has 78 valence electrons. The van der Waals surface area contributed by atoms with Crippen molar-refractivity contribution in [2.75, 3.05) is 5.43 Å². The fourth-order valence-corrected chi connectivity index (χ4v) is 1.68. The maximum Gasteiger partial charge on any atom is 0.296 e. The molecule has 6 heteroatoms. The molecule has 1 heterocycles. The highest BCUT2D eigenvalue weighted by Gasteiger charge is 2.14. The summed E-state index contributed by atoms with van der Waals surface area (Å²) in [6.45, 7) is 0. The van der Waals surface area contributed by atoms with Crippen LogP contribution in [-0.2, 0) is 10.1 Å². The molecule has 0 aliphatic carbocycles. The van der Waals surface area contributed by atoms with Gasteiger partial charge in [-0.25, -0.2) is 0 Å². The maximum absolute atomic E-state index is 10.9. The molecule has 0 atom stereocenters. The van der Waals surface area contributed by atoms with Crippen molar-refractivity contribution in [3.05, 3.63) is 34.7 Å². The van der Waals surface area contributed by atoms with Crippen LogP contribution in [0.15, 0.2) is 34.3 Å². The molecule has 0 radical (unpaired) electrons. The number of anilines is 1. The topological polar surface area (TPSA) is 78.8 Å². The van der Waals surface area contributed by atoms with Crippen molar-refractivity contribution in [2.45, 2.75) is 0 Å². The molecule has 2 N–H and O–H groups in total. The van der Waals surface area contributed by atoms with Gasteiger partial charge in [0.2, 0.25) is 0 Å². The summed E-state index contributed by atoms with van der Waals surface area (Å²) in [5, 5.41) is 3.68. The lowest BCUT2D eigenvalue weighted by molar-refractivity contribution is 0.493. The van der Waals surface area contributed by atoms with Gasteiger partial charge in [0, 0.05) is 5.56 Å². The second kappa shape index (κ2) is 3.48. The van der Waals surface area contributed by atoms with Gasteiger partial charge >= 0.3 is 0 Å². The zero-order chi connectivity index (χ0) is 10.9. The molecule has 0 amide bonds. The Hall–Kier alpha value is -1.66. The molecule has 0 saturated carbocycles. The molecule has 1 aliphatic rings. The van der Waals surface area contributed by atoms with Crippen molar-refractivity contribution in [1.29, 1.82) is 0 Å². The molecular weight excluding hydrogens is 216 g/mol. The number of fused-ring (bicyclic) bond motifs is 1. The molecule has 0 aromatic heterocycles. The van der Waals surface area contributed by atoms with Crippen LogP contribution in [0.5, 0.6) is 0 Å². The van der Waals surface area contributed by atoms with Gasteiger partial charge in [0.1, 0.15) is 4.91 Å². The minimum Gasteiger partial charge on any atom is -0.282 e. The standard InChI is InChI=1S/C9H8N2O3S/c12-15(13,14)8-5-7-3-1-2-4-9(7)11-10-6-8/h1-6,11H,(H,12,13,14). The Labute approximate surface area is 86.9 Å². The van der Waals surface area contributed by atoms with E-state index in [-0.39, 0.29) is 4.91 Å². The van der Waals surface area contributed by atoms with Gasteiger partial charge in [0.15, 0.2) is 0 Å². The zero-order valence-electron chi connectivity index (χ0n) is 7.58. The van der Waals surface area contributed by atoms with Crippen molar-refractivity contribution in [3.63, 3.8) is 0 Å². The highest BCUT2D eigenvalue weighted by molar-refractivity contribution is 7.90. The lowest BCUT2D eigenvalue weighted by Crippen LogP contribution is -2.02. The first kappa shape index (κ1) is 9.88. The Morgan fingerprint density at radius 1 is 1.27 bits per heavy atom. The van der Waals surface area contributed by atoms with Crippen LogP contribution < -0.4 is 5.43 Å². The number of hydrazone groups is 1. The molecule has 1 aromatic rings. The minimum atomic E-state index is -4.22. The van der Waals surface area contributed by atoms with E-state index < -0.39 is 10.1 Å². The van der Waals surface area contributed by atoms with Gasteiger partial charge in [-0.2, -0.15) is 13.5 Å². The molecule has 2 rings (SSSR count). The Morgan fingerprint density at radius 2 is 2.00 bits per heavy atom. The largest absolute Gasteiger partial charge is 0.296 e. The van der Waals surface area contributed by atoms with E-state index in [9.17, 15) is 8.42 Å². The molecule has 0 bridgehead atoms. The summed E-state index contributed by atoms with van der Waals surface area (Å²) < 4.78 is 30.7. The van der Waals surface area contributed by atoms with Crippen LogP contribution in [0.25, 0.3) is 6.08 Å². The summed E-state index contributed by atoms with van der Waals surface area (Å²) in [5.41, 5.74) is 4.01. The SMILES string of the molecule is O=S(=O)(O)C1=Cc2ccccc2NN=C1.